The molecule has 2 aromatic heterocycles. The molecule has 4 aromatic rings. The van der Waals surface area contributed by atoms with E-state index in [4.69, 9.17) is 9.72 Å². The smallest absolute Gasteiger partial charge is 0.247 e. The fourth-order valence-corrected chi connectivity index (χ4v) is 4.55. The van der Waals surface area contributed by atoms with E-state index in [2.05, 4.69) is 52.8 Å². The number of rotatable bonds is 4. The Morgan fingerprint density at radius 3 is 2.72 bits per heavy atom. The molecule has 5 rings (SSSR count). The Labute approximate surface area is 177 Å². The number of nitrogens with zero attached hydrogens (tertiary/aromatic N) is 3. The first-order chi connectivity index (χ1) is 14.3. The molecule has 29 heavy (non-hydrogen) atoms. The van der Waals surface area contributed by atoms with E-state index in [0.717, 1.165) is 21.9 Å². The number of hydrogen-bond donors (Lipinski definition) is 1. The lowest BCUT2D eigenvalue weighted by atomic mass is 10.1. The van der Waals surface area contributed by atoms with E-state index in [-0.39, 0.29) is 6.23 Å². The Morgan fingerprint density at radius 2 is 1.90 bits per heavy atom. The van der Waals surface area contributed by atoms with Gasteiger partial charge in [0.2, 0.25) is 17.3 Å². The molecule has 1 aliphatic rings. The summed E-state index contributed by atoms with van der Waals surface area (Å²) in [6.07, 6.45) is -0.316. The van der Waals surface area contributed by atoms with Crippen molar-refractivity contribution >= 4 is 28.8 Å². The number of thioether (sulfide) groups is 1. The third kappa shape index (κ3) is 3.83. The van der Waals surface area contributed by atoms with Crippen LogP contribution in [0, 0.1) is 6.92 Å². The predicted octanol–water partition coefficient (Wildman–Crippen LogP) is 5.70. The van der Waals surface area contributed by atoms with Gasteiger partial charge in [-0.3, -0.25) is 0 Å². The zero-order valence-corrected chi connectivity index (χ0v) is 17.3. The summed E-state index contributed by atoms with van der Waals surface area (Å²) in [6, 6.07) is 20.6. The molecule has 144 valence electrons. The van der Waals surface area contributed by atoms with E-state index in [9.17, 15) is 0 Å². The number of benzene rings is 2. The van der Waals surface area contributed by atoms with Crippen molar-refractivity contribution in [2.24, 2.45) is 0 Å². The van der Waals surface area contributed by atoms with Crippen molar-refractivity contribution in [3.05, 3.63) is 82.0 Å². The maximum atomic E-state index is 6.26. The Kier molecular flexibility index (Phi) is 4.91. The van der Waals surface area contributed by atoms with Crippen molar-refractivity contribution in [3.8, 4) is 17.1 Å². The summed E-state index contributed by atoms with van der Waals surface area (Å²) in [4.78, 5) is 5.78. The van der Waals surface area contributed by atoms with Crippen molar-refractivity contribution in [1.82, 2.24) is 15.2 Å². The number of nitrogens with one attached hydrogen (secondary N) is 1. The second kappa shape index (κ2) is 7.85. The van der Waals surface area contributed by atoms with Crippen molar-refractivity contribution in [2.45, 2.75) is 24.1 Å². The average molecular weight is 419 g/mol. The first-order valence-corrected chi connectivity index (χ1v) is 11.1. The standard InChI is InChI=1S/C22H18N4OS2/c1-14-8-10-15(11-9-14)13-29-22-24-21-19(25-26-22)16-5-2-3-6-17(16)23-20(27-21)18-7-4-12-28-18/h2-12,20,23H,13H2,1H3/t20-/m0/s1. The summed E-state index contributed by atoms with van der Waals surface area (Å²) in [5.41, 5.74) is 5.04. The van der Waals surface area contributed by atoms with E-state index in [0.29, 0.717) is 16.7 Å². The van der Waals surface area contributed by atoms with Gasteiger partial charge in [0.05, 0.1) is 4.88 Å². The first kappa shape index (κ1) is 18.1. The van der Waals surface area contributed by atoms with Crippen LogP contribution < -0.4 is 10.1 Å². The molecule has 0 aliphatic carbocycles. The summed E-state index contributed by atoms with van der Waals surface area (Å²) in [5, 5.41) is 14.9. The molecule has 0 bridgehead atoms. The molecule has 2 aromatic carbocycles. The van der Waals surface area contributed by atoms with Gasteiger partial charge in [-0.05, 0) is 30.0 Å². The second-order valence-electron chi connectivity index (χ2n) is 6.73. The van der Waals surface area contributed by atoms with E-state index in [1.54, 1.807) is 23.1 Å². The van der Waals surface area contributed by atoms with Gasteiger partial charge in [0.1, 0.15) is 0 Å². The van der Waals surface area contributed by atoms with Gasteiger partial charge in [-0.2, -0.15) is 4.98 Å². The van der Waals surface area contributed by atoms with Gasteiger partial charge in [-0.25, -0.2) is 0 Å². The highest BCUT2D eigenvalue weighted by atomic mass is 32.2. The molecule has 1 N–H and O–H groups in total. The maximum Gasteiger partial charge on any atom is 0.247 e. The number of para-hydroxylation sites is 1. The van der Waals surface area contributed by atoms with E-state index < -0.39 is 0 Å². The molecule has 0 radical (unpaired) electrons. The number of aryl methyl sites for hydroxylation is 1. The van der Waals surface area contributed by atoms with Crippen LogP contribution in [-0.2, 0) is 5.75 Å². The molecule has 7 heteroatoms. The topological polar surface area (TPSA) is 59.9 Å². The van der Waals surface area contributed by atoms with Crippen molar-refractivity contribution < 1.29 is 4.74 Å². The number of anilines is 1. The van der Waals surface area contributed by atoms with Crippen LogP contribution in [0.25, 0.3) is 11.3 Å². The third-order valence-corrected chi connectivity index (χ3v) is 6.45. The summed E-state index contributed by atoms with van der Waals surface area (Å²) in [5.74, 6) is 1.28. The SMILES string of the molecule is Cc1ccc(CSc2nnc3c(n2)O[C@@H](c2cccs2)Nc2ccccc2-3)cc1. The fraction of sp³-hybridized carbons (Fsp3) is 0.136. The second-order valence-corrected chi connectivity index (χ2v) is 8.65. The molecule has 1 atom stereocenters. The third-order valence-electron chi connectivity index (χ3n) is 4.62. The average Bonchev–Trinajstić information content (AvgIpc) is 3.23. The van der Waals surface area contributed by atoms with Gasteiger partial charge < -0.3 is 10.1 Å². The van der Waals surface area contributed by atoms with Gasteiger partial charge in [-0.15, -0.1) is 21.5 Å². The Balaban J connectivity index is 1.47. The van der Waals surface area contributed by atoms with Gasteiger partial charge in [-0.1, -0.05) is 65.9 Å². The summed E-state index contributed by atoms with van der Waals surface area (Å²) >= 11 is 3.20. The molecule has 3 heterocycles. The van der Waals surface area contributed by atoms with Crippen LogP contribution in [-0.4, -0.2) is 15.2 Å². The zero-order valence-electron chi connectivity index (χ0n) is 15.7. The minimum absolute atomic E-state index is 0.316. The molecule has 0 saturated heterocycles. The van der Waals surface area contributed by atoms with Crippen LogP contribution in [0.3, 0.4) is 0 Å². The number of aromatic nitrogens is 3. The van der Waals surface area contributed by atoms with Crippen molar-refractivity contribution in [1.29, 1.82) is 0 Å². The number of fused-ring (bicyclic) bond motifs is 3. The van der Waals surface area contributed by atoms with Crippen molar-refractivity contribution in [3.63, 3.8) is 0 Å². The lowest BCUT2D eigenvalue weighted by molar-refractivity contribution is 0.229. The molecular formula is C22H18N4OS2. The summed E-state index contributed by atoms with van der Waals surface area (Å²) < 4.78 is 6.26. The quantitative estimate of drug-likeness (QED) is 0.429. The normalized spacial score (nSPS) is 14.9. The summed E-state index contributed by atoms with van der Waals surface area (Å²) in [6.45, 7) is 2.09. The largest absolute Gasteiger partial charge is 0.447 e. The molecule has 5 nitrogen and oxygen atoms in total. The Hall–Kier alpha value is -2.90. The molecule has 0 spiro atoms. The van der Waals surface area contributed by atoms with Gasteiger partial charge in [0.25, 0.3) is 0 Å². The highest BCUT2D eigenvalue weighted by Crippen LogP contribution is 2.40. The van der Waals surface area contributed by atoms with Crippen LogP contribution in [0.5, 0.6) is 5.88 Å². The minimum Gasteiger partial charge on any atom is -0.447 e. The monoisotopic (exact) mass is 418 g/mol. The van der Waals surface area contributed by atoms with Crippen LogP contribution in [0.15, 0.2) is 71.2 Å². The van der Waals surface area contributed by atoms with E-state index in [1.807, 2.05) is 35.7 Å². The highest BCUT2D eigenvalue weighted by molar-refractivity contribution is 7.98. The van der Waals surface area contributed by atoms with Crippen LogP contribution in [0.2, 0.25) is 0 Å². The molecule has 0 amide bonds. The molecule has 0 unspecified atom stereocenters. The first-order valence-electron chi connectivity index (χ1n) is 9.25. The van der Waals surface area contributed by atoms with Gasteiger partial charge in [0, 0.05) is 17.0 Å². The number of ether oxygens (including phenoxy) is 1. The molecule has 0 saturated carbocycles. The van der Waals surface area contributed by atoms with Crippen LogP contribution in [0.4, 0.5) is 5.69 Å². The summed E-state index contributed by atoms with van der Waals surface area (Å²) in [7, 11) is 0. The number of thiophene rings is 1. The molecule has 1 aliphatic heterocycles. The van der Waals surface area contributed by atoms with E-state index in [1.165, 1.54) is 11.1 Å². The van der Waals surface area contributed by atoms with Crippen LogP contribution >= 0.6 is 23.1 Å². The highest BCUT2D eigenvalue weighted by Gasteiger charge is 2.26. The van der Waals surface area contributed by atoms with Crippen molar-refractivity contribution in [2.75, 3.05) is 5.32 Å². The Bertz CT molecular complexity index is 1130. The predicted molar refractivity (Wildman–Crippen MR) is 117 cm³/mol. The molecule has 0 fully saturated rings. The zero-order chi connectivity index (χ0) is 19.6. The Morgan fingerprint density at radius 1 is 1.03 bits per heavy atom. The minimum atomic E-state index is -0.316. The maximum absolute atomic E-state index is 6.26. The fourth-order valence-electron chi connectivity index (χ4n) is 3.11. The van der Waals surface area contributed by atoms with Gasteiger partial charge in [0.15, 0.2) is 5.69 Å². The van der Waals surface area contributed by atoms with Gasteiger partial charge >= 0.3 is 0 Å². The lowest BCUT2D eigenvalue weighted by Gasteiger charge is -2.17. The van der Waals surface area contributed by atoms with E-state index >= 15 is 0 Å². The molecular weight excluding hydrogens is 400 g/mol. The van der Waals surface area contributed by atoms with Crippen LogP contribution in [0.1, 0.15) is 22.2 Å². The number of hydrogen-bond acceptors (Lipinski definition) is 7. The lowest BCUT2D eigenvalue weighted by Crippen LogP contribution is -2.15.